The van der Waals surface area contributed by atoms with Crippen LogP contribution in [0.1, 0.15) is 21.7 Å². The molecule has 3 rings (SSSR count). The molecule has 18 heavy (non-hydrogen) atoms. The second-order valence-corrected chi connectivity index (χ2v) is 4.52. The van der Waals surface area contributed by atoms with E-state index in [1.807, 2.05) is 0 Å². The Kier molecular flexibility index (Phi) is 2.16. The zero-order valence-electron chi connectivity index (χ0n) is 9.47. The summed E-state index contributed by atoms with van der Waals surface area (Å²) >= 11 is 0. The van der Waals surface area contributed by atoms with Crippen LogP contribution < -0.4 is 5.73 Å². The second kappa shape index (κ2) is 3.60. The van der Waals surface area contributed by atoms with E-state index in [1.165, 1.54) is 0 Å². The normalized spacial score (nSPS) is 17.9. The van der Waals surface area contributed by atoms with Gasteiger partial charge in [0.2, 0.25) is 5.91 Å². The Morgan fingerprint density at radius 1 is 1.33 bits per heavy atom. The summed E-state index contributed by atoms with van der Waals surface area (Å²) in [4.78, 5) is 22.1. The van der Waals surface area contributed by atoms with Crippen LogP contribution in [0.2, 0.25) is 0 Å². The van der Waals surface area contributed by atoms with Gasteiger partial charge in [-0.25, -0.2) is 0 Å². The van der Waals surface area contributed by atoms with Gasteiger partial charge in [0.1, 0.15) is 11.3 Å². The van der Waals surface area contributed by atoms with Crippen molar-refractivity contribution >= 4 is 22.8 Å². The van der Waals surface area contributed by atoms with Crippen molar-refractivity contribution in [2.45, 2.75) is 12.8 Å². The maximum absolute atomic E-state index is 11.1. The third kappa shape index (κ3) is 1.48. The minimum atomic E-state index is -0.819. The van der Waals surface area contributed by atoms with Crippen molar-refractivity contribution in [3.05, 3.63) is 35.1 Å². The molecule has 3 N–H and O–H groups in total. The second-order valence-electron chi connectivity index (χ2n) is 4.52. The lowest BCUT2D eigenvalue weighted by molar-refractivity contribution is -0.141. The Balaban J connectivity index is 2.12. The van der Waals surface area contributed by atoms with Crippen molar-refractivity contribution in [2.75, 3.05) is 0 Å². The van der Waals surface area contributed by atoms with Crippen molar-refractivity contribution in [1.29, 1.82) is 0 Å². The van der Waals surface area contributed by atoms with Crippen LogP contribution in [-0.4, -0.2) is 17.0 Å². The standard InChI is InChI=1S/C13H11NO4/c14-12(15)6-1-2-10-8(3-6)9-4-7(13(16)17)5-11(9)18-10/h1-3,7H,4-5H2,(H2,14,15)(H,16,17). The number of rotatable bonds is 2. The van der Waals surface area contributed by atoms with Crippen LogP contribution in [0.3, 0.4) is 0 Å². The highest BCUT2D eigenvalue weighted by Crippen LogP contribution is 2.36. The molecule has 1 aromatic heterocycles. The molecule has 0 saturated carbocycles. The summed E-state index contributed by atoms with van der Waals surface area (Å²) in [6.07, 6.45) is 0.852. The number of amides is 1. The lowest BCUT2D eigenvalue weighted by Crippen LogP contribution is -2.13. The molecule has 0 bridgehead atoms. The lowest BCUT2D eigenvalue weighted by atomic mass is 10.0. The predicted molar refractivity (Wildman–Crippen MR) is 63.3 cm³/mol. The molecule has 0 saturated heterocycles. The number of aliphatic carboxylic acids is 1. The van der Waals surface area contributed by atoms with E-state index in [0.717, 1.165) is 10.9 Å². The molecule has 1 unspecified atom stereocenters. The van der Waals surface area contributed by atoms with Crippen molar-refractivity contribution in [1.82, 2.24) is 0 Å². The lowest BCUT2D eigenvalue weighted by Gasteiger charge is -2.01. The Morgan fingerprint density at radius 2 is 2.11 bits per heavy atom. The van der Waals surface area contributed by atoms with Crippen molar-refractivity contribution < 1.29 is 19.1 Å². The third-order valence-corrected chi connectivity index (χ3v) is 3.39. The number of carboxylic acid groups (broad SMARTS) is 1. The number of benzene rings is 1. The van der Waals surface area contributed by atoms with Crippen LogP contribution in [-0.2, 0) is 17.6 Å². The van der Waals surface area contributed by atoms with Crippen LogP contribution in [0.15, 0.2) is 22.6 Å². The van der Waals surface area contributed by atoms with Crippen LogP contribution in [0.4, 0.5) is 0 Å². The summed E-state index contributed by atoms with van der Waals surface area (Å²) in [5, 5.41) is 9.80. The van der Waals surface area contributed by atoms with Gasteiger partial charge in [-0.1, -0.05) is 0 Å². The van der Waals surface area contributed by atoms with Crippen LogP contribution in [0.25, 0.3) is 11.0 Å². The monoisotopic (exact) mass is 245 g/mol. The molecule has 92 valence electrons. The highest BCUT2D eigenvalue weighted by molar-refractivity contribution is 5.97. The number of fused-ring (bicyclic) bond motifs is 3. The largest absolute Gasteiger partial charge is 0.481 e. The number of primary amides is 1. The SMILES string of the molecule is NC(=O)c1ccc2oc3c(c2c1)CC(C(=O)O)C3. The van der Waals surface area contributed by atoms with E-state index in [9.17, 15) is 9.59 Å². The number of nitrogens with two attached hydrogens (primary N) is 1. The van der Waals surface area contributed by atoms with Crippen molar-refractivity contribution in [3.63, 3.8) is 0 Å². The number of carboxylic acids is 1. The molecular weight excluding hydrogens is 234 g/mol. The molecule has 0 fully saturated rings. The average molecular weight is 245 g/mol. The molecule has 1 aliphatic carbocycles. The van der Waals surface area contributed by atoms with Crippen LogP contribution >= 0.6 is 0 Å². The highest BCUT2D eigenvalue weighted by Gasteiger charge is 2.32. The molecule has 5 nitrogen and oxygen atoms in total. The van der Waals surface area contributed by atoms with Crippen LogP contribution in [0.5, 0.6) is 0 Å². The Morgan fingerprint density at radius 3 is 2.78 bits per heavy atom. The minimum absolute atomic E-state index is 0.407. The van der Waals surface area contributed by atoms with E-state index in [1.54, 1.807) is 18.2 Å². The third-order valence-electron chi connectivity index (χ3n) is 3.39. The minimum Gasteiger partial charge on any atom is -0.481 e. The fourth-order valence-electron chi connectivity index (χ4n) is 2.46. The smallest absolute Gasteiger partial charge is 0.307 e. The van der Waals surface area contributed by atoms with Gasteiger partial charge in [-0.05, 0) is 24.6 Å². The number of carbonyl (C=O) groups is 2. The van der Waals surface area contributed by atoms with Gasteiger partial charge in [0.05, 0.1) is 5.92 Å². The maximum Gasteiger partial charge on any atom is 0.307 e. The predicted octanol–water partition coefficient (Wildman–Crippen LogP) is 1.33. The van der Waals surface area contributed by atoms with Gasteiger partial charge in [-0.3, -0.25) is 9.59 Å². The van der Waals surface area contributed by atoms with Gasteiger partial charge in [-0.2, -0.15) is 0 Å². The van der Waals surface area contributed by atoms with E-state index >= 15 is 0 Å². The topological polar surface area (TPSA) is 93.5 Å². The van der Waals surface area contributed by atoms with Crippen molar-refractivity contribution in [2.24, 2.45) is 11.7 Å². The van der Waals surface area contributed by atoms with Crippen molar-refractivity contribution in [3.8, 4) is 0 Å². The van der Waals surface area contributed by atoms with E-state index in [-0.39, 0.29) is 0 Å². The fourth-order valence-corrected chi connectivity index (χ4v) is 2.46. The molecule has 2 aromatic rings. The van der Waals surface area contributed by atoms with Gasteiger partial charge in [0.15, 0.2) is 0 Å². The molecule has 1 heterocycles. The Bertz CT molecular complexity index is 671. The van der Waals surface area contributed by atoms with Gasteiger partial charge < -0.3 is 15.3 Å². The fraction of sp³-hybridized carbons (Fsp3) is 0.231. The summed E-state index contributed by atoms with van der Waals surface area (Å²) in [6, 6.07) is 4.98. The zero-order chi connectivity index (χ0) is 12.9. The number of furan rings is 1. The van der Waals surface area contributed by atoms with Gasteiger partial charge in [-0.15, -0.1) is 0 Å². The number of carbonyl (C=O) groups excluding carboxylic acids is 1. The molecule has 0 radical (unpaired) electrons. The molecular formula is C13H11NO4. The molecule has 0 spiro atoms. The molecule has 1 atom stereocenters. The van der Waals surface area contributed by atoms with E-state index in [0.29, 0.717) is 29.7 Å². The Labute approximate surface area is 102 Å². The van der Waals surface area contributed by atoms with E-state index in [4.69, 9.17) is 15.3 Å². The van der Waals surface area contributed by atoms with Crippen LogP contribution in [0, 0.1) is 5.92 Å². The zero-order valence-corrected chi connectivity index (χ0v) is 9.47. The number of hydrogen-bond acceptors (Lipinski definition) is 3. The summed E-state index contributed by atoms with van der Waals surface area (Å²) in [7, 11) is 0. The first-order chi connectivity index (χ1) is 8.56. The first-order valence-corrected chi connectivity index (χ1v) is 5.63. The number of hydrogen-bond donors (Lipinski definition) is 2. The first kappa shape index (κ1) is 10.8. The molecule has 5 heteroatoms. The summed E-state index contributed by atoms with van der Waals surface area (Å²) < 4.78 is 5.61. The van der Waals surface area contributed by atoms with E-state index < -0.39 is 17.8 Å². The molecule has 1 aliphatic rings. The molecule has 1 amide bonds. The summed E-state index contributed by atoms with van der Waals surface area (Å²) in [5.74, 6) is -1.04. The quantitative estimate of drug-likeness (QED) is 0.834. The average Bonchev–Trinajstić information content (AvgIpc) is 2.84. The van der Waals surface area contributed by atoms with Gasteiger partial charge in [0, 0.05) is 22.9 Å². The van der Waals surface area contributed by atoms with Gasteiger partial charge >= 0.3 is 5.97 Å². The molecule has 1 aromatic carbocycles. The summed E-state index contributed by atoms with van der Waals surface area (Å²) in [5.41, 5.74) is 7.20. The van der Waals surface area contributed by atoms with E-state index in [2.05, 4.69) is 0 Å². The first-order valence-electron chi connectivity index (χ1n) is 5.63. The highest BCUT2D eigenvalue weighted by atomic mass is 16.4. The maximum atomic E-state index is 11.1. The summed E-state index contributed by atoms with van der Waals surface area (Å²) in [6.45, 7) is 0. The van der Waals surface area contributed by atoms with Gasteiger partial charge in [0.25, 0.3) is 0 Å². The molecule has 0 aliphatic heterocycles. The Hall–Kier alpha value is -2.30.